The van der Waals surface area contributed by atoms with Crippen LogP contribution in [0.2, 0.25) is 0 Å². The van der Waals surface area contributed by atoms with Crippen molar-refractivity contribution in [2.45, 2.75) is 77.4 Å². The number of para-hydroxylation sites is 1. The molecule has 4 unspecified atom stereocenters. The molecule has 0 bridgehead atoms. The van der Waals surface area contributed by atoms with Crippen molar-refractivity contribution in [2.24, 2.45) is 23.0 Å². The third-order valence-corrected chi connectivity index (χ3v) is 9.01. The zero-order chi connectivity index (χ0) is 29.8. The molecule has 220 valence electrons. The number of likely N-dealkylation sites (tertiary alicyclic amines) is 1. The first-order valence-corrected chi connectivity index (χ1v) is 14.7. The number of hydrogen-bond acceptors (Lipinski definition) is 5. The van der Waals surface area contributed by atoms with E-state index in [1.54, 1.807) is 29.2 Å². The van der Waals surface area contributed by atoms with Crippen LogP contribution in [-0.2, 0) is 20.1 Å². The molecule has 0 spiro atoms. The average Bonchev–Trinajstić information content (AvgIpc) is 3.44. The van der Waals surface area contributed by atoms with Crippen LogP contribution >= 0.6 is 0 Å². The van der Waals surface area contributed by atoms with Gasteiger partial charge in [0.05, 0.1) is 12.6 Å². The maximum atomic E-state index is 15.3. The van der Waals surface area contributed by atoms with Crippen molar-refractivity contribution in [3.05, 3.63) is 65.7 Å². The van der Waals surface area contributed by atoms with Crippen LogP contribution in [0.25, 0.3) is 0 Å². The number of nitrogens with two attached hydrogens (primary N) is 1. The SMILES string of the molecule is CCC(C)(C)CC1CC(C(=O)CCCC2CC2(F)c2ccccc2)N(C(=O)CNc2ccccc2C(=N)C(N)=O)C1. The van der Waals surface area contributed by atoms with Crippen LogP contribution in [0.5, 0.6) is 0 Å². The second kappa shape index (κ2) is 12.5. The summed E-state index contributed by atoms with van der Waals surface area (Å²) in [7, 11) is 0. The maximum absolute atomic E-state index is 15.3. The van der Waals surface area contributed by atoms with E-state index < -0.39 is 17.6 Å². The minimum Gasteiger partial charge on any atom is -0.376 e. The van der Waals surface area contributed by atoms with Crippen molar-refractivity contribution in [3.8, 4) is 0 Å². The summed E-state index contributed by atoms with van der Waals surface area (Å²) >= 11 is 0. The van der Waals surface area contributed by atoms with Crippen LogP contribution in [0, 0.1) is 22.7 Å². The van der Waals surface area contributed by atoms with Crippen LogP contribution in [0.1, 0.15) is 76.8 Å². The molecule has 1 saturated heterocycles. The third-order valence-electron chi connectivity index (χ3n) is 9.01. The third kappa shape index (κ3) is 7.21. The van der Waals surface area contributed by atoms with Gasteiger partial charge in [-0.15, -0.1) is 0 Å². The number of alkyl halides is 1. The van der Waals surface area contributed by atoms with Gasteiger partial charge < -0.3 is 16.0 Å². The molecule has 8 heteroatoms. The quantitative estimate of drug-likeness (QED) is 0.259. The van der Waals surface area contributed by atoms with E-state index >= 15 is 4.39 Å². The topological polar surface area (TPSA) is 116 Å². The van der Waals surface area contributed by atoms with Gasteiger partial charge in [-0.25, -0.2) is 4.39 Å². The first-order chi connectivity index (χ1) is 19.4. The summed E-state index contributed by atoms with van der Waals surface area (Å²) in [6.45, 7) is 7.03. The molecule has 1 aliphatic heterocycles. The molecule has 4 N–H and O–H groups in total. The van der Waals surface area contributed by atoms with Crippen LogP contribution in [0.3, 0.4) is 0 Å². The maximum Gasteiger partial charge on any atom is 0.267 e. The fourth-order valence-electron chi connectivity index (χ4n) is 6.23. The van der Waals surface area contributed by atoms with Crippen molar-refractivity contribution in [1.82, 2.24) is 4.90 Å². The first kappa shape index (κ1) is 30.4. The minimum atomic E-state index is -1.29. The number of rotatable bonds is 14. The number of amides is 2. The zero-order valence-electron chi connectivity index (χ0n) is 24.4. The Bertz CT molecular complexity index is 1280. The standard InChI is InChI=1S/C33H43FN4O3/c1-4-32(2,3)18-22-17-27(28(39)16-10-13-24-19-33(24,34)23-11-6-5-7-12-23)38(21-22)29(40)20-37-26-15-9-8-14-25(26)30(35)31(36)41/h5-9,11-12,14-15,22,24,27,35,37H,4,10,13,16-21H2,1-3H3,(H2,36,41). The Kier molecular flexibility index (Phi) is 9.30. The molecule has 2 aliphatic rings. The highest BCUT2D eigenvalue weighted by atomic mass is 19.1. The molecular formula is C33H43FN4O3. The number of anilines is 1. The highest BCUT2D eigenvalue weighted by Gasteiger charge is 2.55. The highest BCUT2D eigenvalue weighted by molar-refractivity contribution is 6.44. The number of benzene rings is 2. The molecule has 0 aromatic heterocycles. The first-order valence-electron chi connectivity index (χ1n) is 14.7. The number of carbonyl (C=O) groups excluding carboxylic acids is 3. The van der Waals surface area contributed by atoms with Crippen LogP contribution < -0.4 is 11.1 Å². The van der Waals surface area contributed by atoms with E-state index in [2.05, 4.69) is 26.1 Å². The normalized spacial score (nSPS) is 23.7. The predicted molar refractivity (Wildman–Crippen MR) is 159 cm³/mol. The van der Waals surface area contributed by atoms with E-state index in [1.165, 1.54) is 0 Å². The van der Waals surface area contributed by atoms with Gasteiger partial charge in [0.15, 0.2) is 5.78 Å². The Morgan fingerprint density at radius 3 is 2.49 bits per heavy atom. The Hall–Kier alpha value is -3.55. The molecule has 2 aromatic carbocycles. The zero-order valence-corrected chi connectivity index (χ0v) is 24.4. The number of nitrogens with zero attached hydrogens (tertiary/aromatic N) is 1. The number of primary amides is 1. The molecule has 1 heterocycles. The summed E-state index contributed by atoms with van der Waals surface area (Å²) in [4.78, 5) is 40.2. The Morgan fingerprint density at radius 1 is 1.12 bits per heavy atom. The molecule has 2 fully saturated rings. The Balaban J connectivity index is 1.39. The number of ketones is 1. The molecule has 7 nitrogen and oxygen atoms in total. The Labute approximate surface area is 242 Å². The number of halogens is 1. The number of nitrogens with one attached hydrogen (secondary N) is 2. The number of Topliss-reactive ketones (excluding diaryl/α,β-unsaturated/α-hetero) is 1. The Morgan fingerprint density at radius 2 is 1.80 bits per heavy atom. The fraction of sp³-hybridized carbons (Fsp3) is 0.515. The number of carbonyl (C=O) groups is 3. The van der Waals surface area contributed by atoms with Gasteiger partial charge in [-0.3, -0.25) is 19.8 Å². The van der Waals surface area contributed by atoms with Crippen LogP contribution in [0.15, 0.2) is 54.6 Å². The fourth-order valence-corrected chi connectivity index (χ4v) is 6.23. The molecule has 1 saturated carbocycles. The second-order valence-corrected chi connectivity index (χ2v) is 12.5. The van der Waals surface area contributed by atoms with Crippen LogP contribution in [-0.4, -0.2) is 47.3 Å². The van der Waals surface area contributed by atoms with Gasteiger partial charge in [0, 0.05) is 30.1 Å². The van der Waals surface area contributed by atoms with Gasteiger partial charge in [-0.2, -0.15) is 0 Å². The molecule has 41 heavy (non-hydrogen) atoms. The van der Waals surface area contributed by atoms with Gasteiger partial charge in [0.2, 0.25) is 5.91 Å². The molecule has 4 rings (SSSR count). The van der Waals surface area contributed by atoms with E-state index in [-0.39, 0.29) is 41.2 Å². The van der Waals surface area contributed by atoms with Gasteiger partial charge >= 0.3 is 0 Å². The molecule has 1 aliphatic carbocycles. The van der Waals surface area contributed by atoms with Crippen molar-refractivity contribution in [2.75, 3.05) is 18.4 Å². The smallest absolute Gasteiger partial charge is 0.267 e. The van der Waals surface area contributed by atoms with Gasteiger partial charge in [0.25, 0.3) is 5.91 Å². The lowest BCUT2D eigenvalue weighted by atomic mass is 9.79. The lowest BCUT2D eigenvalue weighted by molar-refractivity contribution is -0.136. The summed E-state index contributed by atoms with van der Waals surface area (Å²) < 4.78 is 15.3. The monoisotopic (exact) mass is 562 g/mol. The van der Waals surface area contributed by atoms with Crippen molar-refractivity contribution >= 4 is 29.0 Å². The lowest BCUT2D eigenvalue weighted by Crippen LogP contribution is -2.43. The summed E-state index contributed by atoms with van der Waals surface area (Å²) in [6.07, 6.45) is 4.64. The molecule has 0 radical (unpaired) electrons. The lowest BCUT2D eigenvalue weighted by Gasteiger charge is -2.26. The van der Waals surface area contributed by atoms with Gasteiger partial charge in [-0.05, 0) is 55.1 Å². The highest BCUT2D eigenvalue weighted by Crippen LogP contribution is 2.57. The van der Waals surface area contributed by atoms with E-state index in [9.17, 15) is 14.4 Å². The van der Waals surface area contributed by atoms with E-state index in [0.717, 1.165) is 12.8 Å². The van der Waals surface area contributed by atoms with Crippen molar-refractivity contribution in [1.29, 1.82) is 5.41 Å². The number of hydrogen-bond donors (Lipinski definition) is 3. The summed E-state index contributed by atoms with van der Waals surface area (Å²) in [5, 5.41) is 11.0. The average molecular weight is 563 g/mol. The molecule has 2 amide bonds. The van der Waals surface area contributed by atoms with E-state index in [1.807, 2.05) is 30.3 Å². The minimum absolute atomic E-state index is 0.0379. The van der Waals surface area contributed by atoms with Crippen LogP contribution in [0.4, 0.5) is 10.1 Å². The van der Waals surface area contributed by atoms with Gasteiger partial charge in [0.1, 0.15) is 11.4 Å². The predicted octanol–water partition coefficient (Wildman–Crippen LogP) is 5.62. The largest absolute Gasteiger partial charge is 0.376 e. The van der Waals surface area contributed by atoms with Crippen molar-refractivity contribution < 1.29 is 18.8 Å². The molecular weight excluding hydrogens is 519 g/mol. The van der Waals surface area contributed by atoms with Crippen molar-refractivity contribution in [3.63, 3.8) is 0 Å². The molecule has 2 aromatic rings. The van der Waals surface area contributed by atoms with E-state index in [0.29, 0.717) is 55.5 Å². The van der Waals surface area contributed by atoms with Gasteiger partial charge in [-0.1, -0.05) is 75.7 Å². The molecule has 4 atom stereocenters. The second-order valence-electron chi connectivity index (χ2n) is 12.5. The summed E-state index contributed by atoms with van der Waals surface area (Å²) in [5.41, 5.74) is 5.29. The summed E-state index contributed by atoms with van der Waals surface area (Å²) in [6, 6.07) is 15.5. The van der Waals surface area contributed by atoms with E-state index in [4.69, 9.17) is 11.1 Å². The summed E-state index contributed by atoms with van der Waals surface area (Å²) in [5.74, 6) is -0.860.